The van der Waals surface area contributed by atoms with E-state index in [0.29, 0.717) is 20.2 Å². The number of rotatable bonds is 3. The van der Waals surface area contributed by atoms with E-state index in [1.165, 1.54) is 11.0 Å². The lowest BCUT2D eigenvalue weighted by molar-refractivity contribution is -0.385. The normalized spacial score (nSPS) is 13.4. The first-order valence-electron chi connectivity index (χ1n) is 6.47. The maximum Gasteiger partial charge on any atom is 0.299 e. The summed E-state index contributed by atoms with van der Waals surface area (Å²) in [6.45, 7) is -0.0467. The number of hydrogen-bond donors (Lipinski definition) is 0. The molecule has 0 atom stereocenters. The molecule has 23 heavy (non-hydrogen) atoms. The first-order chi connectivity index (χ1) is 10.9. The molecule has 0 unspecified atom stereocenters. The quantitative estimate of drug-likeness (QED) is 0.413. The summed E-state index contributed by atoms with van der Waals surface area (Å²) in [6, 6.07) is 9.44. The smallest absolute Gasteiger partial charge is 0.299 e. The second kappa shape index (κ2) is 5.86. The van der Waals surface area contributed by atoms with Crippen LogP contribution < -0.4 is 4.90 Å². The lowest BCUT2D eigenvalue weighted by Gasteiger charge is -2.18. The van der Waals surface area contributed by atoms with Crippen LogP contribution in [0.1, 0.15) is 15.9 Å². The second-order valence-corrected chi connectivity index (χ2v) is 6.66. The number of benzene rings is 2. The number of anilines is 1. The van der Waals surface area contributed by atoms with Gasteiger partial charge in [0.1, 0.15) is 0 Å². The van der Waals surface area contributed by atoms with E-state index in [4.69, 9.17) is 0 Å². The summed E-state index contributed by atoms with van der Waals surface area (Å²) in [5.41, 5.74) is 0.979. The van der Waals surface area contributed by atoms with Crippen LogP contribution in [0.3, 0.4) is 0 Å². The first kappa shape index (κ1) is 15.8. The zero-order valence-electron chi connectivity index (χ0n) is 11.5. The minimum Gasteiger partial charge on any atom is -0.299 e. The van der Waals surface area contributed by atoms with Gasteiger partial charge in [0.2, 0.25) is 0 Å². The lowest BCUT2D eigenvalue weighted by atomic mass is 10.1. The maximum absolute atomic E-state index is 12.3. The molecule has 0 saturated carbocycles. The van der Waals surface area contributed by atoms with Gasteiger partial charge in [-0.05, 0) is 28.1 Å². The average molecular weight is 440 g/mol. The molecule has 0 fully saturated rings. The molecule has 1 aliphatic heterocycles. The van der Waals surface area contributed by atoms with Gasteiger partial charge in [-0.15, -0.1) is 0 Å². The van der Waals surface area contributed by atoms with E-state index < -0.39 is 16.6 Å². The van der Waals surface area contributed by atoms with Crippen LogP contribution in [0.25, 0.3) is 0 Å². The molecule has 0 aliphatic carbocycles. The third-order valence-corrected chi connectivity index (χ3v) is 4.56. The lowest BCUT2D eigenvalue weighted by Crippen LogP contribution is -2.29. The van der Waals surface area contributed by atoms with Crippen molar-refractivity contribution in [3.63, 3.8) is 0 Å². The van der Waals surface area contributed by atoms with Crippen LogP contribution in [0, 0.1) is 10.1 Å². The number of nitro groups is 1. The summed E-state index contributed by atoms with van der Waals surface area (Å²) < 4.78 is 1.23. The van der Waals surface area contributed by atoms with Gasteiger partial charge < -0.3 is 0 Å². The zero-order valence-corrected chi connectivity index (χ0v) is 14.6. The molecular formula is C15H8Br2N2O4. The molecule has 0 N–H and O–H groups in total. The highest BCUT2D eigenvalue weighted by atomic mass is 79.9. The number of amides is 1. The summed E-state index contributed by atoms with van der Waals surface area (Å²) >= 11 is 6.62. The number of Topliss-reactive ketones (excluding diaryl/α,β-unsaturated/α-hetero) is 1. The van der Waals surface area contributed by atoms with Gasteiger partial charge in [0.05, 0.1) is 22.7 Å². The van der Waals surface area contributed by atoms with Crippen LogP contribution in [0.5, 0.6) is 0 Å². The SMILES string of the molecule is O=C1C(=O)N(Cc2ccccc2[N+](=O)[O-])c2c(Br)cc(Br)cc21. The number of ketones is 1. The molecule has 0 bridgehead atoms. The zero-order chi connectivity index (χ0) is 16.7. The third-order valence-electron chi connectivity index (χ3n) is 3.50. The van der Waals surface area contributed by atoms with E-state index in [9.17, 15) is 19.7 Å². The van der Waals surface area contributed by atoms with Crippen molar-refractivity contribution in [2.24, 2.45) is 0 Å². The Morgan fingerprint density at radius 2 is 1.83 bits per heavy atom. The molecule has 1 amide bonds. The minimum atomic E-state index is -0.697. The van der Waals surface area contributed by atoms with Gasteiger partial charge in [-0.2, -0.15) is 0 Å². The Bertz CT molecular complexity index is 867. The molecular weight excluding hydrogens is 432 g/mol. The molecule has 0 spiro atoms. The molecule has 6 nitrogen and oxygen atoms in total. The summed E-state index contributed by atoms with van der Waals surface area (Å²) in [7, 11) is 0. The van der Waals surface area contributed by atoms with Crippen molar-refractivity contribution in [2.75, 3.05) is 4.90 Å². The van der Waals surface area contributed by atoms with Gasteiger partial charge in [0, 0.05) is 20.6 Å². The Labute approximate surface area is 147 Å². The first-order valence-corrected chi connectivity index (χ1v) is 8.06. The standard InChI is InChI=1S/C15H8Br2N2O4/c16-9-5-10-13(11(17)6-9)18(15(21)14(10)20)7-8-3-1-2-4-12(8)19(22)23/h1-6H,7H2. The van der Waals surface area contributed by atoms with Crippen molar-refractivity contribution < 1.29 is 14.5 Å². The predicted molar refractivity (Wildman–Crippen MR) is 90.5 cm³/mol. The number of halogens is 2. The molecule has 0 aromatic heterocycles. The molecule has 2 aromatic rings. The highest BCUT2D eigenvalue weighted by Gasteiger charge is 2.38. The number of nitrogens with zero attached hydrogens (tertiary/aromatic N) is 2. The van der Waals surface area contributed by atoms with Crippen molar-refractivity contribution >= 4 is 54.9 Å². The van der Waals surface area contributed by atoms with E-state index in [1.807, 2.05) is 0 Å². The van der Waals surface area contributed by atoms with Gasteiger partial charge >= 0.3 is 0 Å². The van der Waals surface area contributed by atoms with E-state index in [1.54, 1.807) is 30.3 Å². The Morgan fingerprint density at radius 1 is 1.13 bits per heavy atom. The number of nitro benzene ring substituents is 1. The number of carbonyl (C=O) groups is 2. The largest absolute Gasteiger partial charge is 0.299 e. The van der Waals surface area contributed by atoms with E-state index in [0.717, 1.165) is 0 Å². The third kappa shape index (κ3) is 2.68. The second-order valence-electron chi connectivity index (χ2n) is 4.89. The van der Waals surface area contributed by atoms with Crippen LogP contribution in [0.2, 0.25) is 0 Å². The number of hydrogen-bond acceptors (Lipinski definition) is 4. The maximum atomic E-state index is 12.3. The Balaban J connectivity index is 2.08. The Morgan fingerprint density at radius 3 is 2.52 bits per heavy atom. The van der Waals surface area contributed by atoms with Gasteiger partial charge in [-0.25, -0.2) is 0 Å². The van der Waals surface area contributed by atoms with Crippen molar-refractivity contribution in [2.45, 2.75) is 6.54 Å². The number of carbonyl (C=O) groups excluding carboxylic acids is 2. The van der Waals surface area contributed by atoms with Gasteiger partial charge in [0.25, 0.3) is 17.4 Å². The number of para-hydroxylation sites is 1. The van der Waals surface area contributed by atoms with Crippen LogP contribution in [-0.4, -0.2) is 16.6 Å². The Kier molecular flexibility index (Phi) is 4.03. The molecule has 116 valence electrons. The summed E-state index contributed by atoms with van der Waals surface area (Å²) in [4.78, 5) is 36.3. The average Bonchev–Trinajstić information content (AvgIpc) is 2.73. The highest BCUT2D eigenvalue weighted by Crippen LogP contribution is 2.39. The van der Waals surface area contributed by atoms with Crippen LogP contribution in [-0.2, 0) is 11.3 Å². The van der Waals surface area contributed by atoms with Crippen molar-refractivity contribution in [3.8, 4) is 0 Å². The molecule has 1 aliphatic rings. The number of fused-ring (bicyclic) bond motifs is 1. The summed E-state index contributed by atoms with van der Waals surface area (Å²) in [5, 5.41) is 11.1. The fourth-order valence-electron chi connectivity index (χ4n) is 2.50. The van der Waals surface area contributed by atoms with E-state index in [-0.39, 0.29) is 17.8 Å². The van der Waals surface area contributed by atoms with Gasteiger partial charge in [0.15, 0.2) is 0 Å². The molecule has 8 heteroatoms. The fourth-order valence-corrected chi connectivity index (χ4v) is 3.94. The molecule has 0 saturated heterocycles. The monoisotopic (exact) mass is 438 g/mol. The molecule has 1 heterocycles. The predicted octanol–water partition coefficient (Wildman–Crippen LogP) is 3.85. The van der Waals surface area contributed by atoms with Crippen molar-refractivity contribution in [3.05, 3.63) is 66.6 Å². The van der Waals surface area contributed by atoms with Crippen LogP contribution in [0.15, 0.2) is 45.3 Å². The van der Waals surface area contributed by atoms with Crippen molar-refractivity contribution in [1.82, 2.24) is 0 Å². The topological polar surface area (TPSA) is 80.5 Å². The van der Waals surface area contributed by atoms with Crippen LogP contribution in [0.4, 0.5) is 11.4 Å². The Hall–Kier alpha value is -2.06. The summed E-state index contributed by atoms with van der Waals surface area (Å²) in [5.74, 6) is -1.32. The summed E-state index contributed by atoms with van der Waals surface area (Å²) in [6.07, 6.45) is 0. The van der Waals surface area contributed by atoms with Crippen molar-refractivity contribution in [1.29, 1.82) is 0 Å². The highest BCUT2D eigenvalue weighted by molar-refractivity contribution is 9.11. The van der Waals surface area contributed by atoms with E-state index >= 15 is 0 Å². The van der Waals surface area contributed by atoms with Gasteiger partial charge in [-0.3, -0.25) is 24.6 Å². The molecule has 0 radical (unpaired) electrons. The minimum absolute atomic E-state index is 0.0467. The molecule has 3 rings (SSSR count). The van der Waals surface area contributed by atoms with Gasteiger partial charge in [-0.1, -0.05) is 34.1 Å². The fraction of sp³-hybridized carbons (Fsp3) is 0.0667. The van der Waals surface area contributed by atoms with Crippen LogP contribution >= 0.6 is 31.9 Å². The molecule has 2 aromatic carbocycles. The van der Waals surface area contributed by atoms with E-state index in [2.05, 4.69) is 31.9 Å².